The van der Waals surface area contributed by atoms with E-state index in [0.717, 1.165) is 26.6 Å². The van der Waals surface area contributed by atoms with Gasteiger partial charge in [0.25, 0.3) is 5.91 Å². The van der Waals surface area contributed by atoms with Gasteiger partial charge in [-0.1, -0.05) is 51.1 Å². The van der Waals surface area contributed by atoms with E-state index in [1.165, 1.54) is 5.56 Å². The molecule has 0 fully saturated rings. The number of amides is 1. The molecule has 0 bridgehead atoms. The molecule has 3 aromatic rings. The minimum Gasteiger partial charge on any atom is -0.496 e. The van der Waals surface area contributed by atoms with E-state index >= 15 is 0 Å². The van der Waals surface area contributed by atoms with Crippen LogP contribution in [-0.4, -0.2) is 25.8 Å². The molecule has 0 aromatic heterocycles. The molecule has 0 aliphatic rings. The molecule has 0 aliphatic carbocycles. The number of ether oxygens (including phenoxy) is 2. The van der Waals surface area contributed by atoms with Gasteiger partial charge in [0.15, 0.2) is 6.61 Å². The molecule has 1 N–H and O–H groups in total. The number of hydrazone groups is 1. The van der Waals surface area contributed by atoms with Crippen molar-refractivity contribution in [2.45, 2.75) is 26.2 Å². The Bertz CT molecular complexity index is 1090. The molecular weight excluding hydrogens is 444 g/mol. The Morgan fingerprint density at radius 2 is 1.77 bits per heavy atom. The van der Waals surface area contributed by atoms with Crippen LogP contribution in [0.2, 0.25) is 0 Å². The summed E-state index contributed by atoms with van der Waals surface area (Å²) in [6, 6.07) is 17.6. The van der Waals surface area contributed by atoms with Crippen molar-refractivity contribution >= 4 is 38.8 Å². The van der Waals surface area contributed by atoms with Crippen molar-refractivity contribution < 1.29 is 14.3 Å². The van der Waals surface area contributed by atoms with Crippen molar-refractivity contribution in [2.24, 2.45) is 5.10 Å². The molecule has 3 rings (SSSR count). The predicted molar refractivity (Wildman–Crippen MR) is 125 cm³/mol. The topological polar surface area (TPSA) is 59.9 Å². The lowest BCUT2D eigenvalue weighted by molar-refractivity contribution is -0.123. The summed E-state index contributed by atoms with van der Waals surface area (Å²) in [4.78, 5) is 12.1. The van der Waals surface area contributed by atoms with Crippen molar-refractivity contribution in [1.82, 2.24) is 5.43 Å². The SMILES string of the molecule is COc1ccc(/C=N\NC(=O)COc2ccc(C(C)(C)C)cc2Br)c2ccccc12. The van der Waals surface area contributed by atoms with Gasteiger partial charge in [-0.3, -0.25) is 4.79 Å². The Kier molecular flexibility index (Phi) is 6.77. The first-order valence-corrected chi connectivity index (χ1v) is 10.4. The fourth-order valence-corrected chi connectivity index (χ4v) is 3.51. The summed E-state index contributed by atoms with van der Waals surface area (Å²) < 4.78 is 11.8. The number of nitrogens with zero attached hydrogens (tertiary/aromatic N) is 1. The first kappa shape index (κ1) is 21.8. The molecule has 0 spiro atoms. The maximum Gasteiger partial charge on any atom is 0.277 e. The Morgan fingerprint density at radius 1 is 1.07 bits per heavy atom. The number of nitrogens with one attached hydrogen (secondary N) is 1. The molecule has 0 radical (unpaired) electrons. The number of methoxy groups -OCH3 is 1. The first-order chi connectivity index (χ1) is 14.3. The van der Waals surface area contributed by atoms with E-state index in [9.17, 15) is 4.79 Å². The standard InChI is InChI=1S/C24H25BrN2O3/c1-24(2,3)17-10-12-22(20(25)13-17)30-15-23(28)27-26-14-16-9-11-21(29-4)19-8-6-5-7-18(16)19/h5-14H,15H2,1-4H3,(H,27,28)/b26-14-. The molecule has 0 saturated carbocycles. The molecule has 0 saturated heterocycles. The highest BCUT2D eigenvalue weighted by Gasteiger charge is 2.15. The third-order valence-electron chi connectivity index (χ3n) is 4.69. The van der Waals surface area contributed by atoms with Crippen LogP contribution in [0.15, 0.2) is 64.2 Å². The zero-order valence-electron chi connectivity index (χ0n) is 17.5. The second kappa shape index (κ2) is 9.30. The number of halogens is 1. The van der Waals surface area contributed by atoms with E-state index < -0.39 is 0 Å². The lowest BCUT2D eigenvalue weighted by Gasteiger charge is -2.20. The largest absolute Gasteiger partial charge is 0.496 e. The van der Waals surface area contributed by atoms with Crippen LogP contribution in [0.4, 0.5) is 0 Å². The van der Waals surface area contributed by atoms with Crippen LogP contribution >= 0.6 is 15.9 Å². The lowest BCUT2D eigenvalue weighted by Crippen LogP contribution is -2.24. The summed E-state index contributed by atoms with van der Waals surface area (Å²) in [6.45, 7) is 6.31. The number of carbonyl (C=O) groups is 1. The van der Waals surface area contributed by atoms with Gasteiger partial charge >= 0.3 is 0 Å². The van der Waals surface area contributed by atoms with Crippen LogP contribution in [-0.2, 0) is 10.2 Å². The average molecular weight is 469 g/mol. The van der Waals surface area contributed by atoms with Gasteiger partial charge in [0, 0.05) is 10.9 Å². The van der Waals surface area contributed by atoms with E-state index in [4.69, 9.17) is 9.47 Å². The minimum absolute atomic E-state index is 0.0404. The van der Waals surface area contributed by atoms with Crippen LogP contribution in [0.1, 0.15) is 31.9 Å². The second-order valence-corrected chi connectivity index (χ2v) is 8.73. The van der Waals surface area contributed by atoms with Crippen molar-refractivity contribution in [3.8, 4) is 11.5 Å². The molecule has 156 valence electrons. The highest BCUT2D eigenvalue weighted by molar-refractivity contribution is 9.10. The van der Waals surface area contributed by atoms with Crippen LogP contribution in [0.5, 0.6) is 11.5 Å². The Hall–Kier alpha value is -2.86. The quantitative estimate of drug-likeness (QED) is 0.387. The molecule has 30 heavy (non-hydrogen) atoms. The molecule has 5 nitrogen and oxygen atoms in total. The average Bonchev–Trinajstić information content (AvgIpc) is 2.72. The Labute approximate surface area is 185 Å². The van der Waals surface area contributed by atoms with Crippen molar-refractivity contribution in [1.29, 1.82) is 0 Å². The minimum atomic E-state index is -0.337. The van der Waals surface area contributed by atoms with E-state index in [2.05, 4.69) is 47.2 Å². The third kappa shape index (κ3) is 5.19. The Balaban J connectivity index is 1.62. The summed E-state index contributed by atoms with van der Waals surface area (Å²) in [5.74, 6) is 1.07. The fourth-order valence-electron chi connectivity index (χ4n) is 3.02. The van der Waals surface area contributed by atoms with E-state index in [0.29, 0.717) is 5.75 Å². The van der Waals surface area contributed by atoms with Crippen LogP contribution in [0.25, 0.3) is 10.8 Å². The van der Waals surface area contributed by atoms with Gasteiger partial charge < -0.3 is 9.47 Å². The van der Waals surface area contributed by atoms with Crippen LogP contribution in [0.3, 0.4) is 0 Å². The van der Waals surface area contributed by atoms with Crippen molar-refractivity contribution in [2.75, 3.05) is 13.7 Å². The fraction of sp³-hybridized carbons (Fsp3) is 0.250. The monoisotopic (exact) mass is 468 g/mol. The number of rotatable bonds is 6. The van der Waals surface area contributed by atoms with Gasteiger partial charge in [-0.2, -0.15) is 5.10 Å². The molecule has 0 atom stereocenters. The molecule has 6 heteroatoms. The second-order valence-electron chi connectivity index (χ2n) is 7.88. The lowest BCUT2D eigenvalue weighted by atomic mass is 9.87. The number of hydrogen-bond acceptors (Lipinski definition) is 4. The van der Waals surface area contributed by atoms with Crippen LogP contribution < -0.4 is 14.9 Å². The maximum atomic E-state index is 12.1. The smallest absolute Gasteiger partial charge is 0.277 e. The predicted octanol–water partition coefficient (Wildman–Crippen LogP) is 5.44. The summed E-state index contributed by atoms with van der Waals surface area (Å²) >= 11 is 3.51. The summed E-state index contributed by atoms with van der Waals surface area (Å²) in [6.07, 6.45) is 1.62. The van der Waals surface area contributed by atoms with Gasteiger partial charge in [0.1, 0.15) is 11.5 Å². The normalized spacial score (nSPS) is 11.6. The highest BCUT2D eigenvalue weighted by atomic mass is 79.9. The third-order valence-corrected chi connectivity index (χ3v) is 5.31. The molecular formula is C24H25BrN2O3. The molecule has 0 heterocycles. The van der Waals surface area contributed by atoms with Gasteiger partial charge in [-0.25, -0.2) is 5.43 Å². The number of hydrogen-bond donors (Lipinski definition) is 1. The summed E-state index contributed by atoms with van der Waals surface area (Å²) in [5.41, 5.74) is 4.61. The number of carbonyl (C=O) groups excluding carboxylic acids is 1. The van der Waals surface area contributed by atoms with Gasteiger partial charge in [0.05, 0.1) is 17.8 Å². The van der Waals surface area contributed by atoms with E-state index in [1.54, 1.807) is 13.3 Å². The van der Waals surface area contributed by atoms with Gasteiger partial charge in [0.2, 0.25) is 0 Å². The van der Waals surface area contributed by atoms with E-state index in [-0.39, 0.29) is 17.9 Å². The summed E-state index contributed by atoms with van der Waals surface area (Å²) in [7, 11) is 1.64. The zero-order valence-corrected chi connectivity index (χ0v) is 19.1. The number of benzene rings is 3. The van der Waals surface area contributed by atoms with Crippen molar-refractivity contribution in [3.05, 3.63) is 70.2 Å². The maximum absolute atomic E-state index is 12.1. The molecule has 3 aromatic carbocycles. The molecule has 1 amide bonds. The zero-order chi connectivity index (χ0) is 21.7. The van der Waals surface area contributed by atoms with Gasteiger partial charge in [-0.15, -0.1) is 0 Å². The molecule has 0 unspecified atom stereocenters. The van der Waals surface area contributed by atoms with Gasteiger partial charge in [-0.05, 0) is 56.6 Å². The molecule has 0 aliphatic heterocycles. The van der Waals surface area contributed by atoms with Crippen LogP contribution in [0, 0.1) is 0 Å². The summed E-state index contributed by atoms with van der Waals surface area (Å²) in [5, 5.41) is 6.05. The highest BCUT2D eigenvalue weighted by Crippen LogP contribution is 2.31. The Morgan fingerprint density at radius 3 is 2.43 bits per heavy atom. The van der Waals surface area contributed by atoms with E-state index in [1.807, 2.05) is 54.6 Å². The number of fused-ring (bicyclic) bond motifs is 1. The first-order valence-electron chi connectivity index (χ1n) is 9.60. The van der Waals surface area contributed by atoms with Crippen molar-refractivity contribution in [3.63, 3.8) is 0 Å².